The number of aromatic amines is 1. The van der Waals surface area contributed by atoms with Gasteiger partial charge in [0.25, 0.3) is 0 Å². The molecule has 2 aromatic carbocycles. The first-order valence-corrected chi connectivity index (χ1v) is 10.9. The van der Waals surface area contributed by atoms with E-state index in [1.807, 2.05) is 62.4 Å². The number of nitrogens with one attached hydrogen (secondary N) is 2. The summed E-state index contributed by atoms with van der Waals surface area (Å²) in [5, 5.41) is 18.2. The van der Waals surface area contributed by atoms with Crippen molar-refractivity contribution in [1.29, 1.82) is 0 Å². The van der Waals surface area contributed by atoms with Crippen molar-refractivity contribution in [1.82, 2.24) is 25.6 Å². The summed E-state index contributed by atoms with van der Waals surface area (Å²) in [4.78, 5) is 17.3. The van der Waals surface area contributed by atoms with Gasteiger partial charge in [-0.15, -0.1) is 10.2 Å². The lowest BCUT2D eigenvalue weighted by Crippen LogP contribution is -2.32. The highest BCUT2D eigenvalue weighted by Gasteiger charge is 2.35. The highest BCUT2D eigenvalue weighted by Crippen LogP contribution is 2.32. The monoisotopic (exact) mass is 444 g/mol. The lowest BCUT2D eigenvalue weighted by Gasteiger charge is -2.27. The molecular weight excluding hydrogens is 419 g/mol. The van der Waals surface area contributed by atoms with Gasteiger partial charge in [0.1, 0.15) is 5.82 Å². The Morgan fingerprint density at radius 1 is 1.09 bits per heavy atom. The van der Waals surface area contributed by atoms with E-state index in [0.717, 1.165) is 29.5 Å². The minimum atomic E-state index is -0.462. The first-order chi connectivity index (χ1) is 16.0. The molecule has 168 valence electrons. The maximum absolute atomic E-state index is 13.5. The lowest BCUT2D eigenvalue weighted by atomic mass is 9.78. The number of carbonyl (C=O) groups excluding carboxylic acids is 1. The van der Waals surface area contributed by atoms with Gasteiger partial charge in [-0.05, 0) is 54.8 Å². The molecule has 7 nitrogen and oxygen atoms in total. The van der Waals surface area contributed by atoms with E-state index in [2.05, 4.69) is 30.9 Å². The van der Waals surface area contributed by atoms with Crippen molar-refractivity contribution in [3.05, 3.63) is 77.5 Å². The molecule has 1 amide bonds. The van der Waals surface area contributed by atoms with Crippen molar-refractivity contribution in [3.63, 3.8) is 0 Å². The maximum Gasteiger partial charge on any atom is 0.225 e. The molecule has 0 atom stereocenters. The minimum absolute atomic E-state index is 0.108. The largest absolute Gasteiger partial charge is 0.326 e. The highest BCUT2D eigenvalue weighted by atomic mass is 19.1. The molecule has 0 saturated carbocycles. The maximum atomic E-state index is 13.5. The van der Waals surface area contributed by atoms with E-state index >= 15 is 0 Å². The number of benzene rings is 2. The number of H-pyrrole nitrogens is 1. The number of halogens is 1. The van der Waals surface area contributed by atoms with Crippen LogP contribution >= 0.6 is 0 Å². The number of tetrazole rings is 1. The summed E-state index contributed by atoms with van der Waals surface area (Å²) in [7, 11) is 0. The number of hydrogen-bond acceptors (Lipinski definition) is 5. The van der Waals surface area contributed by atoms with Crippen LogP contribution in [-0.2, 0) is 10.2 Å². The van der Waals surface area contributed by atoms with E-state index in [0.29, 0.717) is 17.0 Å². The molecular formula is C25H25FN6O. The standard InChI is InChI=1S/C25H25FN6O/c1-3-25(4-2,24-29-31-32-30-24)16-23(33)28-21-7-5-6-17(14-21)8-12-20-13-10-18-9-11-19(26)15-22(18)27-20/h5-15H,3-4,16H2,1-2H3,(H,28,33)(H,29,30,31,32)/b12-8+. The fourth-order valence-corrected chi connectivity index (χ4v) is 3.89. The second-order valence-electron chi connectivity index (χ2n) is 7.98. The SMILES string of the molecule is CCC(CC)(CC(=O)Nc1cccc(/C=C/c2ccc3ccc(F)cc3n2)c1)c1nn[nH]n1. The minimum Gasteiger partial charge on any atom is -0.326 e. The van der Waals surface area contributed by atoms with Crippen LogP contribution in [0.25, 0.3) is 23.1 Å². The lowest BCUT2D eigenvalue weighted by molar-refractivity contribution is -0.117. The Morgan fingerprint density at radius 3 is 2.67 bits per heavy atom. The second-order valence-corrected chi connectivity index (χ2v) is 7.98. The average molecular weight is 445 g/mol. The van der Waals surface area contributed by atoms with E-state index < -0.39 is 5.41 Å². The van der Waals surface area contributed by atoms with Crippen molar-refractivity contribution in [3.8, 4) is 0 Å². The average Bonchev–Trinajstić information content (AvgIpc) is 3.37. The first kappa shape index (κ1) is 22.3. The van der Waals surface area contributed by atoms with Crippen molar-refractivity contribution in [2.75, 3.05) is 5.32 Å². The molecule has 2 N–H and O–H groups in total. The molecule has 4 aromatic rings. The van der Waals surface area contributed by atoms with Crippen LogP contribution in [-0.4, -0.2) is 31.5 Å². The number of nitrogens with zero attached hydrogens (tertiary/aromatic N) is 4. The van der Waals surface area contributed by atoms with Gasteiger partial charge in [0, 0.05) is 29.0 Å². The van der Waals surface area contributed by atoms with Gasteiger partial charge in [-0.2, -0.15) is 5.21 Å². The number of rotatable bonds is 8. The Labute approximate surface area is 191 Å². The first-order valence-electron chi connectivity index (χ1n) is 10.9. The zero-order valence-electron chi connectivity index (χ0n) is 18.5. The van der Waals surface area contributed by atoms with Crippen LogP contribution in [0.1, 0.15) is 50.2 Å². The van der Waals surface area contributed by atoms with Crippen molar-refractivity contribution in [2.45, 2.75) is 38.5 Å². The number of aromatic nitrogens is 5. The molecule has 0 aliphatic heterocycles. The molecule has 0 unspecified atom stereocenters. The summed E-state index contributed by atoms with van der Waals surface area (Å²) in [6.45, 7) is 4.04. The van der Waals surface area contributed by atoms with Crippen LogP contribution in [0.15, 0.2) is 54.6 Å². The molecule has 0 radical (unpaired) electrons. The van der Waals surface area contributed by atoms with Crippen LogP contribution in [0.5, 0.6) is 0 Å². The molecule has 8 heteroatoms. The Kier molecular flexibility index (Phi) is 6.53. The zero-order valence-corrected chi connectivity index (χ0v) is 18.5. The number of fused-ring (bicyclic) bond motifs is 1. The van der Waals surface area contributed by atoms with Crippen LogP contribution in [0.2, 0.25) is 0 Å². The van der Waals surface area contributed by atoms with Crippen molar-refractivity contribution < 1.29 is 9.18 Å². The Balaban J connectivity index is 1.47. The summed E-state index contributed by atoms with van der Waals surface area (Å²) in [6, 6.07) is 15.9. The number of hydrogen-bond donors (Lipinski definition) is 2. The topological polar surface area (TPSA) is 96.5 Å². The van der Waals surface area contributed by atoms with E-state index in [-0.39, 0.29) is 18.1 Å². The van der Waals surface area contributed by atoms with Gasteiger partial charge < -0.3 is 5.32 Å². The molecule has 0 bridgehead atoms. The Bertz CT molecular complexity index is 1280. The highest BCUT2D eigenvalue weighted by molar-refractivity contribution is 5.92. The fourth-order valence-electron chi connectivity index (χ4n) is 3.89. The summed E-state index contributed by atoms with van der Waals surface area (Å²) in [5.41, 5.74) is 2.47. The predicted octanol–water partition coefficient (Wildman–Crippen LogP) is 5.14. The Hall–Kier alpha value is -3.94. The van der Waals surface area contributed by atoms with Crippen LogP contribution in [0.3, 0.4) is 0 Å². The van der Waals surface area contributed by atoms with E-state index in [1.165, 1.54) is 12.1 Å². The summed E-state index contributed by atoms with van der Waals surface area (Å²) < 4.78 is 13.5. The summed E-state index contributed by atoms with van der Waals surface area (Å²) in [6.07, 6.45) is 5.48. The Morgan fingerprint density at radius 2 is 1.91 bits per heavy atom. The summed E-state index contributed by atoms with van der Waals surface area (Å²) >= 11 is 0. The molecule has 0 fully saturated rings. The van der Waals surface area contributed by atoms with Crippen LogP contribution < -0.4 is 5.32 Å². The number of anilines is 1. The van der Waals surface area contributed by atoms with Gasteiger partial charge in [0.2, 0.25) is 5.91 Å². The third kappa shape index (κ3) is 5.11. The molecule has 2 heterocycles. The van der Waals surface area contributed by atoms with E-state index in [9.17, 15) is 9.18 Å². The fraction of sp³-hybridized carbons (Fsp3) is 0.240. The predicted molar refractivity (Wildman–Crippen MR) is 127 cm³/mol. The molecule has 0 spiro atoms. The van der Waals surface area contributed by atoms with Gasteiger partial charge in [-0.25, -0.2) is 9.37 Å². The number of amides is 1. The zero-order chi connectivity index (χ0) is 23.3. The van der Waals surface area contributed by atoms with Gasteiger partial charge in [0.05, 0.1) is 11.2 Å². The van der Waals surface area contributed by atoms with E-state index in [1.54, 1.807) is 6.07 Å². The number of carbonyl (C=O) groups is 1. The van der Waals surface area contributed by atoms with Crippen molar-refractivity contribution >= 4 is 34.6 Å². The molecule has 4 rings (SSSR count). The van der Waals surface area contributed by atoms with Gasteiger partial charge in [-0.3, -0.25) is 4.79 Å². The van der Waals surface area contributed by atoms with E-state index in [4.69, 9.17) is 0 Å². The second kappa shape index (κ2) is 9.68. The van der Waals surface area contributed by atoms with Gasteiger partial charge in [-0.1, -0.05) is 43.3 Å². The van der Waals surface area contributed by atoms with Gasteiger partial charge in [0.15, 0.2) is 5.82 Å². The molecule has 0 aliphatic carbocycles. The molecule has 0 saturated heterocycles. The summed E-state index contributed by atoms with van der Waals surface area (Å²) in [5.74, 6) is 0.138. The quantitative estimate of drug-likeness (QED) is 0.392. The van der Waals surface area contributed by atoms with Crippen molar-refractivity contribution in [2.24, 2.45) is 0 Å². The third-order valence-electron chi connectivity index (χ3n) is 5.96. The molecule has 33 heavy (non-hydrogen) atoms. The smallest absolute Gasteiger partial charge is 0.225 e. The van der Waals surface area contributed by atoms with Gasteiger partial charge >= 0.3 is 0 Å². The molecule has 2 aromatic heterocycles. The normalized spacial score (nSPS) is 11.8. The van der Waals surface area contributed by atoms with Crippen LogP contribution in [0.4, 0.5) is 10.1 Å². The number of pyridine rings is 1. The molecule has 0 aliphatic rings. The third-order valence-corrected chi connectivity index (χ3v) is 5.96. The van der Waals surface area contributed by atoms with Crippen LogP contribution in [0, 0.1) is 5.82 Å².